The van der Waals surface area contributed by atoms with E-state index in [1.54, 1.807) is 12.3 Å². The van der Waals surface area contributed by atoms with Crippen molar-refractivity contribution in [2.24, 2.45) is 0 Å². The van der Waals surface area contributed by atoms with Crippen LogP contribution in [0.25, 0.3) is 0 Å². The fourth-order valence-corrected chi connectivity index (χ4v) is 2.65. The van der Waals surface area contributed by atoms with Gasteiger partial charge in [0.05, 0.1) is 11.6 Å². The van der Waals surface area contributed by atoms with Crippen molar-refractivity contribution < 1.29 is 9.21 Å². The highest BCUT2D eigenvalue weighted by atomic mass is 16.3. The SMILES string of the molecule is Cc1cc(C(=O)N2CCCC2c2cccnc2)co1. The summed E-state index contributed by atoms with van der Waals surface area (Å²) in [5.41, 5.74) is 1.74. The molecule has 1 fully saturated rings. The van der Waals surface area contributed by atoms with Gasteiger partial charge in [-0.3, -0.25) is 9.78 Å². The smallest absolute Gasteiger partial charge is 0.257 e. The van der Waals surface area contributed by atoms with E-state index < -0.39 is 0 Å². The summed E-state index contributed by atoms with van der Waals surface area (Å²) in [7, 11) is 0. The second kappa shape index (κ2) is 4.88. The number of rotatable bonds is 2. The number of nitrogens with zero attached hydrogens (tertiary/aromatic N) is 2. The van der Waals surface area contributed by atoms with Gasteiger partial charge in [0.25, 0.3) is 5.91 Å². The quantitative estimate of drug-likeness (QED) is 0.829. The van der Waals surface area contributed by atoms with E-state index in [9.17, 15) is 4.79 Å². The Hall–Kier alpha value is -2.10. The molecule has 0 aromatic carbocycles. The molecule has 0 spiro atoms. The number of likely N-dealkylation sites (tertiary alicyclic amines) is 1. The van der Waals surface area contributed by atoms with Crippen molar-refractivity contribution >= 4 is 5.91 Å². The second-order valence-corrected chi connectivity index (χ2v) is 4.89. The Morgan fingerprint density at radius 3 is 3.11 bits per heavy atom. The van der Waals surface area contributed by atoms with E-state index in [0.29, 0.717) is 5.56 Å². The van der Waals surface area contributed by atoms with Crippen LogP contribution in [-0.2, 0) is 0 Å². The predicted molar refractivity (Wildman–Crippen MR) is 70.7 cm³/mol. The third-order valence-corrected chi connectivity index (χ3v) is 3.56. The predicted octanol–water partition coefficient (Wildman–Crippen LogP) is 2.96. The van der Waals surface area contributed by atoms with Crippen LogP contribution < -0.4 is 0 Å². The molecule has 98 valence electrons. The Morgan fingerprint density at radius 2 is 2.42 bits per heavy atom. The lowest BCUT2D eigenvalue weighted by atomic mass is 10.1. The van der Waals surface area contributed by atoms with Gasteiger partial charge in [-0.25, -0.2) is 0 Å². The highest BCUT2D eigenvalue weighted by molar-refractivity contribution is 5.94. The topological polar surface area (TPSA) is 46.3 Å². The van der Waals surface area contributed by atoms with Gasteiger partial charge in [0, 0.05) is 18.9 Å². The number of furan rings is 1. The molecule has 1 amide bonds. The molecule has 0 radical (unpaired) electrons. The maximum absolute atomic E-state index is 12.5. The Balaban J connectivity index is 1.86. The van der Waals surface area contributed by atoms with E-state index in [0.717, 1.165) is 30.7 Å². The van der Waals surface area contributed by atoms with E-state index in [4.69, 9.17) is 4.42 Å². The molecule has 1 aliphatic rings. The lowest BCUT2D eigenvalue weighted by Crippen LogP contribution is -2.30. The van der Waals surface area contributed by atoms with Gasteiger partial charge in [-0.15, -0.1) is 0 Å². The molecule has 3 rings (SSSR count). The number of carbonyl (C=O) groups is 1. The van der Waals surface area contributed by atoms with Crippen LogP contribution in [-0.4, -0.2) is 22.3 Å². The molecule has 4 heteroatoms. The average molecular weight is 256 g/mol. The van der Waals surface area contributed by atoms with Crippen molar-refractivity contribution in [3.8, 4) is 0 Å². The third kappa shape index (κ3) is 2.26. The van der Waals surface area contributed by atoms with Crippen LogP contribution in [0.3, 0.4) is 0 Å². The van der Waals surface area contributed by atoms with Crippen LogP contribution in [0, 0.1) is 6.92 Å². The van der Waals surface area contributed by atoms with Gasteiger partial charge in [-0.05, 0) is 37.5 Å². The Morgan fingerprint density at radius 1 is 1.53 bits per heavy atom. The molecular formula is C15H16N2O2. The molecule has 0 aliphatic carbocycles. The average Bonchev–Trinajstić information content (AvgIpc) is 3.07. The summed E-state index contributed by atoms with van der Waals surface area (Å²) in [6.07, 6.45) is 7.16. The minimum Gasteiger partial charge on any atom is -0.469 e. The van der Waals surface area contributed by atoms with E-state index in [1.165, 1.54) is 6.26 Å². The molecule has 4 nitrogen and oxygen atoms in total. The summed E-state index contributed by atoms with van der Waals surface area (Å²) in [6.45, 7) is 2.64. The normalized spacial score (nSPS) is 18.8. The van der Waals surface area contributed by atoms with E-state index >= 15 is 0 Å². The Bertz CT molecular complexity index is 577. The molecular weight excluding hydrogens is 240 g/mol. The molecule has 1 saturated heterocycles. The monoisotopic (exact) mass is 256 g/mol. The minimum absolute atomic E-state index is 0.0446. The molecule has 0 bridgehead atoms. The summed E-state index contributed by atoms with van der Waals surface area (Å²) in [4.78, 5) is 18.6. The molecule has 1 aliphatic heterocycles. The molecule has 3 heterocycles. The largest absolute Gasteiger partial charge is 0.469 e. The number of hydrogen-bond acceptors (Lipinski definition) is 3. The first-order valence-electron chi connectivity index (χ1n) is 6.52. The lowest BCUT2D eigenvalue weighted by molar-refractivity contribution is 0.0734. The van der Waals surface area contributed by atoms with Crippen molar-refractivity contribution in [3.05, 3.63) is 53.7 Å². The summed E-state index contributed by atoms with van der Waals surface area (Å²) in [5, 5.41) is 0. The zero-order chi connectivity index (χ0) is 13.2. The zero-order valence-corrected chi connectivity index (χ0v) is 10.9. The standard InChI is InChI=1S/C15H16N2O2/c1-11-8-13(10-19-11)15(18)17-7-3-5-14(17)12-4-2-6-16-9-12/h2,4,6,8-10,14H,3,5,7H2,1H3. The molecule has 2 aromatic rings. The van der Waals surface area contributed by atoms with Crippen LogP contribution >= 0.6 is 0 Å². The summed E-state index contributed by atoms with van der Waals surface area (Å²) < 4.78 is 5.23. The molecule has 2 aromatic heterocycles. The summed E-state index contributed by atoms with van der Waals surface area (Å²) in [6, 6.07) is 5.87. The zero-order valence-electron chi connectivity index (χ0n) is 10.9. The first-order valence-corrected chi connectivity index (χ1v) is 6.52. The van der Waals surface area contributed by atoms with Gasteiger partial charge in [0.15, 0.2) is 0 Å². The van der Waals surface area contributed by atoms with Crippen LogP contribution in [0.4, 0.5) is 0 Å². The highest BCUT2D eigenvalue weighted by Crippen LogP contribution is 2.32. The number of aromatic nitrogens is 1. The van der Waals surface area contributed by atoms with Crippen LogP contribution in [0.15, 0.2) is 41.3 Å². The van der Waals surface area contributed by atoms with Crippen LogP contribution in [0.2, 0.25) is 0 Å². The molecule has 1 atom stereocenters. The lowest BCUT2D eigenvalue weighted by Gasteiger charge is -2.24. The van der Waals surface area contributed by atoms with Crippen molar-refractivity contribution in [3.63, 3.8) is 0 Å². The molecule has 0 N–H and O–H groups in total. The van der Waals surface area contributed by atoms with Crippen LogP contribution in [0.5, 0.6) is 0 Å². The first kappa shape index (κ1) is 12.0. The fraction of sp³-hybridized carbons (Fsp3) is 0.333. The van der Waals surface area contributed by atoms with E-state index in [1.807, 2.05) is 30.2 Å². The molecule has 1 unspecified atom stereocenters. The summed E-state index contributed by atoms with van der Waals surface area (Å²) in [5.74, 6) is 0.809. The third-order valence-electron chi connectivity index (χ3n) is 3.56. The van der Waals surface area contributed by atoms with Crippen LogP contribution in [0.1, 0.15) is 40.6 Å². The molecule has 19 heavy (non-hydrogen) atoms. The van der Waals surface area contributed by atoms with Crippen molar-refractivity contribution in [2.75, 3.05) is 6.54 Å². The number of pyridine rings is 1. The van der Waals surface area contributed by atoms with Gasteiger partial charge in [-0.2, -0.15) is 0 Å². The van der Waals surface area contributed by atoms with Crippen molar-refractivity contribution in [2.45, 2.75) is 25.8 Å². The van der Waals surface area contributed by atoms with E-state index in [2.05, 4.69) is 4.98 Å². The number of aryl methyl sites for hydroxylation is 1. The maximum atomic E-state index is 12.5. The highest BCUT2D eigenvalue weighted by Gasteiger charge is 2.31. The van der Waals surface area contributed by atoms with Gasteiger partial charge < -0.3 is 9.32 Å². The number of carbonyl (C=O) groups excluding carboxylic acids is 1. The van der Waals surface area contributed by atoms with Crippen molar-refractivity contribution in [1.29, 1.82) is 0 Å². The van der Waals surface area contributed by atoms with Gasteiger partial charge >= 0.3 is 0 Å². The second-order valence-electron chi connectivity index (χ2n) is 4.89. The fourth-order valence-electron chi connectivity index (χ4n) is 2.65. The molecule has 0 saturated carbocycles. The first-order chi connectivity index (χ1) is 9.25. The summed E-state index contributed by atoms with van der Waals surface area (Å²) >= 11 is 0. The van der Waals surface area contributed by atoms with Gasteiger partial charge in [0.2, 0.25) is 0 Å². The Labute approximate surface area is 112 Å². The van der Waals surface area contributed by atoms with Gasteiger partial charge in [0.1, 0.15) is 12.0 Å². The Kier molecular flexibility index (Phi) is 3.07. The number of amides is 1. The van der Waals surface area contributed by atoms with Gasteiger partial charge in [-0.1, -0.05) is 6.07 Å². The maximum Gasteiger partial charge on any atom is 0.257 e. The van der Waals surface area contributed by atoms with Crippen molar-refractivity contribution in [1.82, 2.24) is 9.88 Å². The number of hydrogen-bond donors (Lipinski definition) is 0. The van der Waals surface area contributed by atoms with E-state index in [-0.39, 0.29) is 11.9 Å². The minimum atomic E-state index is 0.0446.